The summed E-state index contributed by atoms with van der Waals surface area (Å²) in [5, 5.41) is 0. The summed E-state index contributed by atoms with van der Waals surface area (Å²) < 4.78 is 27.8. The van der Waals surface area contributed by atoms with E-state index >= 15 is 0 Å². The van der Waals surface area contributed by atoms with Gasteiger partial charge >= 0.3 is 5.97 Å². The van der Waals surface area contributed by atoms with Crippen molar-refractivity contribution in [2.24, 2.45) is 0 Å². The highest BCUT2D eigenvalue weighted by atomic mass is 32.2. The van der Waals surface area contributed by atoms with Crippen LogP contribution in [-0.2, 0) is 19.4 Å². The smallest absolute Gasteiger partial charge is 0.307 e. The van der Waals surface area contributed by atoms with Gasteiger partial charge in [-0.2, -0.15) is 0 Å². The van der Waals surface area contributed by atoms with Crippen molar-refractivity contribution in [1.29, 1.82) is 0 Å². The number of nitrogens with zero attached hydrogens (tertiary/aromatic N) is 1. The first-order valence-electron chi connectivity index (χ1n) is 8.62. The third kappa shape index (κ3) is 9.41. The zero-order chi connectivity index (χ0) is 16.3. The minimum Gasteiger partial charge on any atom is -0.466 e. The summed E-state index contributed by atoms with van der Waals surface area (Å²) in [6, 6.07) is 0. The van der Waals surface area contributed by atoms with Crippen molar-refractivity contribution >= 4 is 15.8 Å². The Labute approximate surface area is 135 Å². The van der Waals surface area contributed by atoms with Crippen LogP contribution in [0.4, 0.5) is 0 Å². The molecule has 0 aromatic rings. The van der Waals surface area contributed by atoms with Crippen LogP contribution in [0.2, 0.25) is 0 Å². The van der Waals surface area contributed by atoms with Crippen LogP contribution in [0.15, 0.2) is 0 Å². The average Bonchev–Trinajstić information content (AvgIpc) is 2.49. The summed E-state index contributed by atoms with van der Waals surface area (Å²) in [6.45, 7) is 4.40. The van der Waals surface area contributed by atoms with Crippen molar-refractivity contribution in [2.45, 2.75) is 58.3 Å². The molecule has 1 saturated heterocycles. The van der Waals surface area contributed by atoms with E-state index in [9.17, 15) is 13.2 Å². The minimum atomic E-state index is -2.84. The fraction of sp³-hybridized carbons (Fsp3) is 0.938. The van der Waals surface area contributed by atoms with Gasteiger partial charge in [0.2, 0.25) is 0 Å². The molecule has 0 aliphatic carbocycles. The lowest BCUT2D eigenvalue weighted by molar-refractivity contribution is -0.144. The van der Waals surface area contributed by atoms with Crippen LogP contribution >= 0.6 is 0 Å². The first-order chi connectivity index (χ1) is 10.5. The zero-order valence-electron chi connectivity index (χ0n) is 13.9. The number of unbranched alkanes of at least 4 members (excludes halogenated alkanes) is 6. The predicted octanol–water partition coefficient (Wildman–Crippen LogP) is 2.40. The first kappa shape index (κ1) is 19.4. The van der Waals surface area contributed by atoms with E-state index in [0.29, 0.717) is 32.7 Å². The number of carbonyl (C=O) groups excluding carboxylic acids is 1. The second-order valence-corrected chi connectivity index (χ2v) is 8.39. The van der Waals surface area contributed by atoms with Gasteiger partial charge < -0.3 is 9.64 Å². The molecular weight excluding hydrogens is 302 g/mol. The monoisotopic (exact) mass is 333 g/mol. The van der Waals surface area contributed by atoms with Gasteiger partial charge in [-0.25, -0.2) is 8.42 Å². The number of carbonyl (C=O) groups is 1. The Morgan fingerprint density at radius 3 is 2.23 bits per heavy atom. The third-order valence-corrected chi connectivity index (χ3v) is 5.69. The summed E-state index contributed by atoms with van der Waals surface area (Å²) in [7, 11) is -2.84. The third-order valence-electron chi connectivity index (χ3n) is 4.08. The maximum atomic E-state index is 11.6. The number of hydrogen-bond acceptors (Lipinski definition) is 5. The van der Waals surface area contributed by atoms with Gasteiger partial charge in [0.1, 0.15) is 0 Å². The van der Waals surface area contributed by atoms with Crippen molar-refractivity contribution in [2.75, 3.05) is 37.7 Å². The highest BCUT2D eigenvalue weighted by Gasteiger charge is 2.21. The molecule has 1 aliphatic rings. The number of esters is 1. The molecule has 0 bridgehead atoms. The lowest BCUT2D eigenvalue weighted by Gasteiger charge is -2.25. The van der Waals surface area contributed by atoms with Crippen molar-refractivity contribution < 1.29 is 17.9 Å². The molecule has 0 aromatic carbocycles. The molecule has 0 atom stereocenters. The van der Waals surface area contributed by atoms with Gasteiger partial charge in [0.25, 0.3) is 0 Å². The molecule has 0 amide bonds. The Bertz CT molecular complexity index is 394. The Kier molecular flexibility index (Phi) is 9.71. The fourth-order valence-corrected chi connectivity index (χ4v) is 3.82. The molecule has 1 fully saturated rings. The fourth-order valence-electron chi connectivity index (χ4n) is 2.54. The minimum absolute atomic E-state index is 0.167. The molecule has 0 saturated carbocycles. The van der Waals surface area contributed by atoms with E-state index in [2.05, 4.69) is 6.92 Å². The Morgan fingerprint density at radius 1 is 1.00 bits per heavy atom. The Hall–Kier alpha value is -0.620. The van der Waals surface area contributed by atoms with E-state index in [4.69, 9.17) is 4.74 Å². The first-order valence-corrected chi connectivity index (χ1v) is 10.4. The van der Waals surface area contributed by atoms with Gasteiger partial charge in [-0.05, 0) is 6.42 Å². The second kappa shape index (κ2) is 11.0. The molecule has 130 valence electrons. The molecule has 5 nitrogen and oxygen atoms in total. The molecular formula is C16H31NO4S. The van der Waals surface area contributed by atoms with Gasteiger partial charge in [-0.1, -0.05) is 45.4 Å². The highest BCUT2D eigenvalue weighted by molar-refractivity contribution is 7.91. The van der Waals surface area contributed by atoms with Gasteiger partial charge in [0.05, 0.1) is 24.5 Å². The normalized spacial score (nSPS) is 18.2. The SMILES string of the molecule is CCCCCCCCCOC(=O)CCN1CCS(=O)(=O)CC1. The molecule has 0 spiro atoms. The maximum Gasteiger partial charge on any atom is 0.307 e. The van der Waals surface area contributed by atoms with E-state index < -0.39 is 9.84 Å². The molecule has 1 aliphatic heterocycles. The molecule has 6 heteroatoms. The number of rotatable bonds is 11. The van der Waals surface area contributed by atoms with Gasteiger partial charge in [-0.15, -0.1) is 0 Å². The maximum absolute atomic E-state index is 11.6. The van der Waals surface area contributed by atoms with Crippen LogP contribution in [0.1, 0.15) is 58.3 Å². The molecule has 0 unspecified atom stereocenters. The summed E-state index contributed by atoms with van der Waals surface area (Å²) in [4.78, 5) is 13.6. The van der Waals surface area contributed by atoms with Crippen molar-refractivity contribution in [3.63, 3.8) is 0 Å². The van der Waals surface area contributed by atoms with Gasteiger partial charge in [0, 0.05) is 19.6 Å². The van der Waals surface area contributed by atoms with Crippen LogP contribution in [0.3, 0.4) is 0 Å². The van der Waals surface area contributed by atoms with Crippen LogP contribution < -0.4 is 0 Å². The van der Waals surface area contributed by atoms with Crippen LogP contribution in [0.5, 0.6) is 0 Å². The molecule has 0 radical (unpaired) electrons. The van der Waals surface area contributed by atoms with E-state index in [-0.39, 0.29) is 17.5 Å². The van der Waals surface area contributed by atoms with Crippen molar-refractivity contribution in [3.8, 4) is 0 Å². The second-order valence-electron chi connectivity index (χ2n) is 6.09. The lowest BCUT2D eigenvalue weighted by Crippen LogP contribution is -2.41. The summed E-state index contributed by atoms with van der Waals surface area (Å²) in [5.74, 6) is 0.250. The Balaban J connectivity index is 1.94. The topological polar surface area (TPSA) is 63.7 Å². The highest BCUT2D eigenvalue weighted by Crippen LogP contribution is 2.07. The Morgan fingerprint density at radius 2 is 1.59 bits per heavy atom. The summed E-state index contributed by atoms with van der Waals surface area (Å²) >= 11 is 0. The van der Waals surface area contributed by atoms with E-state index in [1.165, 1.54) is 32.1 Å². The largest absolute Gasteiger partial charge is 0.466 e. The molecule has 0 aromatic heterocycles. The van der Waals surface area contributed by atoms with E-state index in [0.717, 1.165) is 12.8 Å². The summed E-state index contributed by atoms with van der Waals surface area (Å²) in [5.41, 5.74) is 0. The van der Waals surface area contributed by atoms with Crippen LogP contribution in [0, 0.1) is 0 Å². The van der Waals surface area contributed by atoms with Crippen LogP contribution in [0.25, 0.3) is 0 Å². The molecule has 22 heavy (non-hydrogen) atoms. The summed E-state index contributed by atoms with van der Waals surface area (Å²) in [6.07, 6.45) is 8.81. The predicted molar refractivity (Wildman–Crippen MR) is 88.7 cm³/mol. The van der Waals surface area contributed by atoms with E-state index in [1.807, 2.05) is 4.90 Å². The molecule has 1 heterocycles. The van der Waals surface area contributed by atoms with Crippen molar-refractivity contribution in [3.05, 3.63) is 0 Å². The van der Waals surface area contributed by atoms with Crippen molar-refractivity contribution in [1.82, 2.24) is 4.90 Å². The number of hydrogen-bond donors (Lipinski definition) is 0. The van der Waals surface area contributed by atoms with E-state index in [1.54, 1.807) is 0 Å². The lowest BCUT2D eigenvalue weighted by atomic mass is 10.1. The average molecular weight is 333 g/mol. The van der Waals surface area contributed by atoms with Crippen LogP contribution in [-0.4, -0.2) is 57.0 Å². The quantitative estimate of drug-likeness (QED) is 0.429. The zero-order valence-corrected chi connectivity index (χ0v) is 14.7. The van der Waals surface area contributed by atoms with Gasteiger partial charge in [-0.3, -0.25) is 4.79 Å². The van der Waals surface area contributed by atoms with Gasteiger partial charge in [0.15, 0.2) is 9.84 Å². The standard InChI is InChI=1S/C16H31NO4S/c1-2-3-4-5-6-7-8-13-21-16(18)9-10-17-11-14-22(19,20)15-12-17/h2-15H2,1H3. The number of sulfone groups is 1. The molecule has 1 rings (SSSR count). The number of ether oxygens (including phenoxy) is 1. The molecule has 0 N–H and O–H groups in total.